The number of hydrogen-bond donors (Lipinski definition) is 0. The van der Waals surface area contributed by atoms with E-state index >= 15 is 0 Å². The van der Waals surface area contributed by atoms with E-state index in [4.69, 9.17) is 11.6 Å². The average molecular weight is 436 g/mol. The van der Waals surface area contributed by atoms with E-state index in [2.05, 4.69) is 0 Å². The summed E-state index contributed by atoms with van der Waals surface area (Å²) in [6.45, 7) is 3.11. The lowest BCUT2D eigenvalue weighted by Crippen LogP contribution is -2.51. The highest BCUT2D eigenvalue weighted by Gasteiger charge is 2.30. The van der Waals surface area contributed by atoms with Crippen LogP contribution in [0.15, 0.2) is 53.4 Å². The van der Waals surface area contributed by atoms with Crippen LogP contribution in [-0.4, -0.2) is 63.3 Å². The minimum Gasteiger partial charge on any atom is -0.342 e. The van der Waals surface area contributed by atoms with Crippen LogP contribution in [0.1, 0.15) is 5.56 Å². The van der Waals surface area contributed by atoms with Crippen molar-refractivity contribution >= 4 is 39.6 Å². The second kappa shape index (κ2) is 8.84. The second-order valence-electron chi connectivity index (χ2n) is 6.83. The van der Waals surface area contributed by atoms with Crippen LogP contribution < -0.4 is 4.31 Å². The molecule has 29 heavy (non-hydrogen) atoms. The number of anilines is 1. The Labute approximate surface area is 175 Å². The summed E-state index contributed by atoms with van der Waals surface area (Å²) < 4.78 is 27.7. The van der Waals surface area contributed by atoms with Crippen molar-refractivity contribution < 1.29 is 18.0 Å². The third-order valence-electron chi connectivity index (χ3n) is 4.80. The molecule has 0 radical (unpaired) electrons. The molecule has 9 heteroatoms. The molecular weight excluding hydrogens is 414 g/mol. The predicted molar refractivity (Wildman–Crippen MR) is 111 cm³/mol. The molecule has 0 aromatic heterocycles. The number of sulfonamides is 1. The normalized spacial score (nSPS) is 14.6. The largest absolute Gasteiger partial charge is 0.342 e. The van der Waals surface area contributed by atoms with Crippen LogP contribution in [0.5, 0.6) is 0 Å². The number of hydrogen-bond acceptors (Lipinski definition) is 4. The van der Waals surface area contributed by atoms with E-state index in [0.29, 0.717) is 36.9 Å². The Morgan fingerprint density at radius 1 is 1.10 bits per heavy atom. The fraction of sp³-hybridized carbons (Fsp3) is 0.300. The summed E-state index contributed by atoms with van der Waals surface area (Å²) in [5.74, 6) is -0.328. The van der Waals surface area contributed by atoms with Gasteiger partial charge in [-0.25, -0.2) is 8.42 Å². The number of halogens is 1. The monoisotopic (exact) mass is 435 g/mol. The van der Waals surface area contributed by atoms with Crippen LogP contribution in [0.2, 0.25) is 5.02 Å². The van der Waals surface area contributed by atoms with Gasteiger partial charge in [0.1, 0.15) is 6.54 Å². The lowest BCUT2D eigenvalue weighted by atomic mass is 10.2. The van der Waals surface area contributed by atoms with Gasteiger partial charge in [-0.05, 0) is 37.3 Å². The van der Waals surface area contributed by atoms with Gasteiger partial charge in [-0.1, -0.05) is 35.4 Å². The first-order chi connectivity index (χ1) is 13.8. The molecule has 0 unspecified atom stereocenters. The maximum Gasteiger partial charge on any atom is 0.264 e. The lowest BCUT2D eigenvalue weighted by molar-refractivity contribution is -0.133. The lowest BCUT2D eigenvalue weighted by Gasteiger charge is -2.34. The molecule has 0 atom stereocenters. The maximum atomic E-state index is 13.3. The van der Waals surface area contributed by atoms with E-state index in [1.165, 1.54) is 18.2 Å². The maximum absolute atomic E-state index is 13.3. The van der Waals surface area contributed by atoms with Crippen LogP contribution in [0.25, 0.3) is 0 Å². The molecule has 0 N–H and O–H groups in total. The van der Waals surface area contributed by atoms with Gasteiger partial charge in [0.15, 0.2) is 0 Å². The highest BCUT2D eigenvalue weighted by atomic mass is 35.5. The fourth-order valence-electron chi connectivity index (χ4n) is 3.08. The van der Waals surface area contributed by atoms with Crippen molar-refractivity contribution in [1.82, 2.24) is 9.80 Å². The molecule has 1 saturated heterocycles. The predicted octanol–water partition coefficient (Wildman–Crippen LogP) is 2.14. The fourth-order valence-corrected chi connectivity index (χ4v) is 4.67. The first-order valence-electron chi connectivity index (χ1n) is 9.13. The molecule has 7 nitrogen and oxygen atoms in total. The molecule has 0 aliphatic carbocycles. The van der Waals surface area contributed by atoms with E-state index in [1.54, 1.807) is 40.1 Å². The van der Waals surface area contributed by atoms with Gasteiger partial charge in [-0.3, -0.25) is 13.9 Å². The van der Waals surface area contributed by atoms with Crippen molar-refractivity contribution in [3.8, 4) is 0 Å². The SMILES string of the molecule is Cc1ccc(S(=O)(=O)N(CC(=O)N2CCN(C=O)CC2)c2cccc(Cl)c2)cc1. The molecule has 0 bridgehead atoms. The van der Waals surface area contributed by atoms with Gasteiger partial charge in [0.2, 0.25) is 12.3 Å². The second-order valence-corrected chi connectivity index (χ2v) is 9.13. The van der Waals surface area contributed by atoms with Gasteiger partial charge in [0.05, 0.1) is 10.6 Å². The summed E-state index contributed by atoms with van der Waals surface area (Å²) in [4.78, 5) is 27.0. The van der Waals surface area contributed by atoms with Crippen molar-refractivity contribution in [3.05, 3.63) is 59.1 Å². The van der Waals surface area contributed by atoms with Gasteiger partial charge in [-0.2, -0.15) is 0 Å². The molecule has 2 aromatic rings. The standard InChI is InChI=1S/C20H22ClN3O4S/c1-16-5-7-19(8-6-16)29(27,28)24(18-4-2-3-17(21)13-18)14-20(26)23-11-9-22(15-25)10-12-23/h2-8,13,15H,9-12,14H2,1H3. The first kappa shape index (κ1) is 21.1. The van der Waals surface area contributed by atoms with E-state index in [-0.39, 0.29) is 17.3 Å². The molecule has 0 spiro atoms. The minimum absolute atomic E-state index is 0.0987. The van der Waals surface area contributed by atoms with Crippen LogP contribution in [0, 0.1) is 6.92 Å². The summed E-state index contributed by atoms with van der Waals surface area (Å²) >= 11 is 6.07. The molecule has 1 fully saturated rings. The number of rotatable bonds is 6. The smallest absolute Gasteiger partial charge is 0.264 e. The molecule has 2 aromatic carbocycles. The summed E-state index contributed by atoms with van der Waals surface area (Å²) in [5, 5.41) is 0.374. The Bertz CT molecular complexity index is 987. The number of carbonyl (C=O) groups excluding carboxylic acids is 2. The number of benzene rings is 2. The van der Waals surface area contributed by atoms with Crippen LogP contribution in [0.3, 0.4) is 0 Å². The summed E-state index contributed by atoms with van der Waals surface area (Å²) in [5.41, 5.74) is 1.25. The van der Waals surface area contributed by atoms with E-state index < -0.39 is 10.0 Å². The highest BCUT2D eigenvalue weighted by molar-refractivity contribution is 7.92. The number of amides is 2. The third kappa shape index (κ3) is 4.89. The Kier molecular flexibility index (Phi) is 6.44. The number of nitrogens with zero attached hydrogens (tertiary/aromatic N) is 3. The Morgan fingerprint density at radius 3 is 2.34 bits per heavy atom. The van der Waals surface area contributed by atoms with Gasteiger partial charge >= 0.3 is 0 Å². The number of carbonyl (C=O) groups is 2. The van der Waals surface area contributed by atoms with E-state index in [1.807, 2.05) is 6.92 Å². The molecule has 3 rings (SSSR count). The van der Waals surface area contributed by atoms with Crippen molar-refractivity contribution in [2.75, 3.05) is 37.0 Å². The summed E-state index contributed by atoms with van der Waals surface area (Å²) in [6, 6.07) is 12.9. The van der Waals surface area contributed by atoms with E-state index in [9.17, 15) is 18.0 Å². The molecule has 0 saturated carbocycles. The Hall–Kier alpha value is -2.58. The van der Waals surface area contributed by atoms with Gasteiger partial charge < -0.3 is 9.80 Å². The van der Waals surface area contributed by atoms with Crippen molar-refractivity contribution in [1.29, 1.82) is 0 Å². The molecule has 1 heterocycles. The van der Waals surface area contributed by atoms with Crippen molar-refractivity contribution in [2.45, 2.75) is 11.8 Å². The molecule has 2 amide bonds. The molecule has 1 aliphatic heterocycles. The van der Waals surface area contributed by atoms with Crippen LogP contribution in [0.4, 0.5) is 5.69 Å². The summed E-state index contributed by atoms with van der Waals surface area (Å²) in [6.07, 6.45) is 0.752. The minimum atomic E-state index is -3.98. The van der Waals surface area contributed by atoms with Gasteiger partial charge in [-0.15, -0.1) is 0 Å². The van der Waals surface area contributed by atoms with Crippen LogP contribution in [-0.2, 0) is 19.6 Å². The highest BCUT2D eigenvalue weighted by Crippen LogP contribution is 2.26. The van der Waals surface area contributed by atoms with Crippen molar-refractivity contribution in [2.24, 2.45) is 0 Å². The van der Waals surface area contributed by atoms with Crippen LogP contribution >= 0.6 is 11.6 Å². The quantitative estimate of drug-likeness (QED) is 0.651. The van der Waals surface area contributed by atoms with Gasteiger partial charge in [0, 0.05) is 31.2 Å². The topological polar surface area (TPSA) is 78.0 Å². The molecule has 154 valence electrons. The Morgan fingerprint density at radius 2 is 1.76 bits per heavy atom. The zero-order valence-corrected chi connectivity index (χ0v) is 17.6. The Balaban J connectivity index is 1.90. The third-order valence-corrected chi connectivity index (χ3v) is 6.82. The van der Waals surface area contributed by atoms with Crippen molar-refractivity contribution in [3.63, 3.8) is 0 Å². The summed E-state index contributed by atoms with van der Waals surface area (Å²) in [7, 11) is -3.98. The number of piperazine rings is 1. The average Bonchev–Trinajstić information content (AvgIpc) is 2.72. The molecule has 1 aliphatic rings. The zero-order chi connectivity index (χ0) is 21.0. The zero-order valence-electron chi connectivity index (χ0n) is 16.0. The first-order valence-corrected chi connectivity index (χ1v) is 10.9. The number of aryl methyl sites for hydroxylation is 1. The molecular formula is C20H22ClN3O4S. The van der Waals surface area contributed by atoms with E-state index in [0.717, 1.165) is 16.3 Å². The van der Waals surface area contributed by atoms with Gasteiger partial charge in [0.25, 0.3) is 10.0 Å².